The number of carbonyl (C=O) groups excluding carboxylic acids is 1. The molecule has 3 atom stereocenters. The van der Waals surface area contributed by atoms with Crippen LogP contribution in [0.3, 0.4) is 0 Å². The highest BCUT2D eigenvalue weighted by atomic mass is 19.1. The van der Waals surface area contributed by atoms with Crippen molar-refractivity contribution in [1.29, 1.82) is 0 Å². The molecule has 1 aromatic rings. The summed E-state index contributed by atoms with van der Waals surface area (Å²) in [5.41, 5.74) is 0.464. The van der Waals surface area contributed by atoms with Crippen LogP contribution in [0.15, 0.2) is 12.1 Å². The van der Waals surface area contributed by atoms with Crippen LogP contribution in [0.5, 0.6) is 5.75 Å². The second kappa shape index (κ2) is 5.63. The molecule has 0 radical (unpaired) electrons. The minimum absolute atomic E-state index is 0.00953. The molecule has 3 rings (SSSR count). The van der Waals surface area contributed by atoms with Crippen LogP contribution >= 0.6 is 0 Å². The molecule has 0 aromatic heterocycles. The highest BCUT2D eigenvalue weighted by Crippen LogP contribution is 2.43. The highest BCUT2D eigenvalue weighted by Gasteiger charge is 2.52. The summed E-state index contributed by atoms with van der Waals surface area (Å²) in [6.45, 7) is 3.85. The van der Waals surface area contributed by atoms with Gasteiger partial charge in [-0.05, 0) is 48.9 Å². The number of phenolic OH excluding ortho intramolecular Hbond substituents is 1. The molecule has 5 heteroatoms. The van der Waals surface area contributed by atoms with Gasteiger partial charge in [-0.25, -0.2) is 4.39 Å². The van der Waals surface area contributed by atoms with Crippen LogP contribution in [0.2, 0.25) is 0 Å². The van der Waals surface area contributed by atoms with Crippen molar-refractivity contribution in [2.45, 2.75) is 51.2 Å². The van der Waals surface area contributed by atoms with Gasteiger partial charge in [0.1, 0.15) is 29.7 Å². The number of rotatable bonds is 3. The molecule has 1 N–H and O–H groups in total. The quantitative estimate of drug-likeness (QED) is 0.933. The van der Waals surface area contributed by atoms with Crippen molar-refractivity contribution in [3.05, 3.63) is 29.1 Å². The molecule has 1 aliphatic heterocycles. The zero-order valence-corrected chi connectivity index (χ0v) is 12.9. The molecule has 1 aromatic carbocycles. The van der Waals surface area contributed by atoms with Crippen LogP contribution in [-0.2, 0) is 20.7 Å². The van der Waals surface area contributed by atoms with Crippen molar-refractivity contribution in [2.24, 2.45) is 5.92 Å². The van der Waals surface area contributed by atoms with Gasteiger partial charge in [-0.1, -0.05) is 6.92 Å². The van der Waals surface area contributed by atoms with E-state index in [9.17, 15) is 14.3 Å². The molecular formula is C17H21FO4. The van der Waals surface area contributed by atoms with Gasteiger partial charge in [-0.2, -0.15) is 0 Å². The lowest BCUT2D eigenvalue weighted by atomic mass is 9.72. The van der Waals surface area contributed by atoms with E-state index in [1.165, 1.54) is 12.1 Å². The minimum Gasteiger partial charge on any atom is -0.508 e. The number of aromatic hydroxyl groups is 1. The first-order valence-corrected chi connectivity index (χ1v) is 7.67. The highest BCUT2D eigenvalue weighted by molar-refractivity contribution is 5.80. The van der Waals surface area contributed by atoms with Gasteiger partial charge in [-0.15, -0.1) is 0 Å². The fourth-order valence-electron chi connectivity index (χ4n) is 3.64. The molecule has 0 bridgehead atoms. The summed E-state index contributed by atoms with van der Waals surface area (Å²) < 4.78 is 25.6. The lowest BCUT2D eigenvalue weighted by molar-refractivity contribution is -0.130. The van der Waals surface area contributed by atoms with Crippen LogP contribution < -0.4 is 0 Å². The van der Waals surface area contributed by atoms with Crippen LogP contribution in [0.4, 0.5) is 4.39 Å². The summed E-state index contributed by atoms with van der Waals surface area (Å²) in [6.07, 6.45) is 1.65. The standard InChI is InChI=1S/C17H21FO4/c1-10-5-14(18)12(7-15(10)20)6-11(2)17-4-3-13(19)8-16(17)21-9-22-17/h5,7,11,16,20H,3-4,6,8-9H2,1-2H3/t11-,16+,17+/m0/s1. The lowest BCUT2D eigenvalue weighted by Crippen LogP contribution is -2.50. The average Bonchev–Trinajstić information content (AvgIpc) is 2.88. The molecule has 1 saturated heterocycles. The lowest BCUT2D eigenvalue weighted by Gasteiger charge is -2.40. The molecule has 4 nitrogen and oxygen atoms in total. The predicted molar refractivity (Wildman–Crippen MR) is 78.1 cm³/mol. The first-order valence-electron chi connectivity index (χ1n) is 7.67. The van der Waals surface area contributed by atoms with Crippen molar-refractivity contribution in [2.75, 3.05) is 6.79 Å². The fraction of sp³-hybridized carbons (Fsp3) is 0.588. The average molecular weight is 308 g/mol. The van der Waals surface area contributed by atoms with E-state index in [4.69, 9.17) is 9.47 Å². The van der Waals surface area contributed by atoms with E-state index < -0.39 is 5.60 Å². The molecule has 1 heterocycles. The van der Waals surface area contributed by atoms with Crippen LogP contribution in [0.1, 0.15) is 37.3 Å². The summed E-state index contributed by atoms with van der Waals surface area (Å²) in [6, 6.07) is 2.83. The normalized spacial score (nSPS) is 29.4. The summed E-state index contributed by atoms with van der Waals surface area (Å²) >= 11 is 0. The zero-order valence-electron chi connectivity index (χ0n) is 12.9. The summed E-state index contributed by atoms with van der Waals surface area (Å²) in [7, 11) is 0. The Morgan fingerprint density at radius 1 is 1.50 bits per heavy atom. The van der Waals surface area contributed by atoms with E-state index in [2.05, 4.69) is 0 Å². The minimum atomic E-state index is -0.527. The Morgan fingerprint density at radius 3 is 3.05 bits per heavy atom. The maximum atomic E-state index is 14.1. The molecule has 1 aliphatic carbocycles. The summed E-state index contributed by atoms with van der Waals surface area (Å²) in [5.74, 6) is -0.0387. The van der Waals surface area contributed by atoms with Gasteiger partial charge < -0.3 is 14.6 Å². The summed E-state index contributed by atoms with van der Waals surface area (Å²) in [4.78, 5) is 11.6. The first kappa shape index (κ1) is 15.4. The van der Waals surface area contributed by atoms with Crippen molar-refractivity contribution < 1.29 is 23.8 Å². The Morgan fingerprint density at radius 2 is 2.27 bits per heavy atom. The zero-order chi connectivity index (χ0) is 15.9. The van der Waals surface area contributed by atoms with Gasteiger partial charge in [-0.3, -0.25) is 4.79 Å². The molecule has 22 heavy (non-hydrogen) atoms. The second-order valence-electron chi connectivity index (χ2n) is 6.45. The predicted octanol–water partition coefficient (Wildman–Crippen LogP) is 2.88. The number of aryl methyl sites for hydroxylation is 1. The first-order chi connectivity index (χ1) is 10.4. The number of Topliss-reactive ketones (excluding diaryl/α,β-unsaturated/α-hetero) is 1. The van der Waals surface area contributed by atoms with Gasteiger partial charge >= 0.3 is 0 Å². The smallest absolute Gasteiger partial charge is 0.148 e. The van der Waals surface area contributed by atoms with E-state index in [0.717, 1.165) is 0 Å². The van der Waals surface area contributed by atoms with E-state index >= 15 is 0 Å². The molecule has 0 unspecified atom stereocenters. The van der Waals surface area contributed by atoms with Crippen molar-refractivity contribution >= 4 is 5.78 Å². The Hall–Kier alpha value is -1.46. The molecule has 0 amide bonds. The monoisotopic (exact) mass is 308 g/mol. The number of ether oxygens (including phenoxy) is 2. The SMILES string of the molecule is Cc1cc(F)c(C[C@H](C)[C@]23CCC(=O)C[C@H]2OCO3)cc1O. The molecule has 120 valence electrons. The van der Waals surface area contributed by atoms with E-state index in [0.29, 0.717) is 36.8 Å². The number of hydrogen-bond donors (Lipinski definition) is 1. The van der Waals surface area contributed by atoms with E-state index in [-0.39, 0.29) is 36.2 Å². The van der Waals surface area contributed by atoms with Gasteiger partial charge in [0.25, 0.3) is 0 Å². The van der Waals surface area contributed by atoms with Gasteiger partial charge in [0, 0.05) is 12.8 Å². The fourth-order valence-corrected chi connectivity index (χ4v) is 3.64. The van der Waals surface area contributed by atoms with E-state index in [1.807, 2.05) is 6.92 Å². The van der Waals surface area contributed by atoms with Crippen molar-refractivity contribution in [3.63, 3.8) is 0 Å². The summed E-state index contributed by atoms with van der Waals surface area (Å²) in [5, 5.41) is 9.80. The van der Waals surface area contributed by atoms with Gasteiger partial charge in [0.2, 0.25) is 0 Å². The van der Waals surface area contributed by atoms with Gasteiger partial charge in [0.05, 0.1) is 6.10 Å². The number of ketones is 1. The Kier molecular flexibility index (Phi) is 3.95. The maximum Gasteiger partial charge on any atom is 0.148 e. The van der Waals surface area contributed by atoms with Crippen molar-refractivity contribution in [3.8, 4) is 5.75 Å². The Balaban J connectivity index is 1.83. The molecule has 1 saturated carbocycles. The number of fused-ring (bicyclic) bond motifs is 1. The Labute approximate surface area is 129 Å². The number of carbonyl (C=O) groups is 1. The largest absolute Gasteiger partial charge is 0.508 e. The molecule has 2 aliphatic rings. The molecular weight excluding hydrogens is 287 g/mol. The van der Waals surface area contributed by atoms with E-state index in [1.54, 1.807) is 6.92 Å². The third-order valence-corrected chi connectivity index (χ3v) is 5.07. The number of halogens is 1. The molecule has 2 fully saturated rings. The number of hydrogen-bond acceptors (Lipinski definition) is 4. The number of benzene rings is 1. The van der Waals surface area contributed by atoms with Crippen LogP contribution in [0.25, 0.3) is 0 Å². The number of phenols is 1. The maximum absolute atomic E-state index is 14.1. The topological polar surface area (TPSA) is 55.8 Å². The molecule has 0 spiro atoms. The third-order valence-electron chi connectivity index (χ3n) is 5.07. The Bertz CT molecular complexity index is 601. The van der Waals surface area contributed by atoms with Crippen LogP contribution in [-0.4, -0.2) is 29.4 Å². The third kappa shape index (κ3) is 2.52. The second-order valence-corrected chi connectivity index (χ2v) is 6.45. The van der Waals surface area contributed by atoms with Gasteiger partial charge in [0.15, 0.2) is 0 Å². The van der Waals surface area contributed by atoms with Crippen molar-refractivity contribution in [1.82, 2.24) is 0 Å². The van der Waals surface area contributed by atoms with Crippen LogP contribution in [0, 0.1) is 18.7 Å².